The molecule has 0 bridgehead atoms. The van der Waals surface area contributed by atoms with Gasteiger partial charge >= 0.3 is 73.4 Å². The van der Waals surface area contributed by atoms with E-state index < -0.39 is 0 Å². The minimum absolute atomic E-state index is 0.00370. The summed E-state index contributed by atoms with van der Waals surface area (Å²) in [5.41, 5.74) is 0. The molecule has 1 N–H and O–H groups in total. The predicted octanol–water partition coefficient (Wildman–Crippen LogP) is -1.75. The molecule has 0 radical (unpaired) electrons. The van der Waals surface area contributed by atoms with Gasteiger partial charge in [-0.05, 0) is 0 Å². The molecular formula is C8H16IO-. The molecule has 2 heteroatoms. The van der Waals surface area contributed by atoms with Gasteiger partial charge in [-0.2, -0.15) is 0 Å². The Balaban J connectivity index is 2.49. The summed E-state index contributed by atoms with van der Waals surface area (Å²) in [6.07, 6.45) is 1.25. The van der Waals surface area contributed by atoms with E-state index in [1.54, 1.807) is 0 Å². The SMILES string of the molecule is CC1CC(C)C(O)[C@H](C)[I-]1. The molecule has 0 aliphatic carbocycles. The molecule has 1 aliphatic heterocycles. The Morgan fingerprint density at radius 3 is 2.40 bits per heavy atom. The summed E-state index contributed by atoms with van der Waals surface area (Å²) < 4.78 is 1.55. The molecule has 1 heterocycles. The first-order valence-electron chi connectivity index (χ1n) is 3.91. The average molecular weight is 255 g/mol. The van der Waals surface area contributed by atoms with Crippen molar-refractivity contribution in [2.75, 3.05) is 0 Å². The molecule has 1 nitrogen and oxygen atoms in total. The molecule has 1 saturated heterocycles. The first-order valence-corrected chi connectivity index (χ1v) is 6.40. The maximum atomic E-state index is 9.59. The van der Waals surface area contributed by atoms with Crippen LogP contribution in [0.1, 0.15) is 27.2 Å². The van der Waals surface area contributed by atoms with Crippen molar-refractivity contribution < 1.29 is 26.3 Å². The zero-order valence-corrected chi connectivity index (χ0v) is 9.00. The summed E-state index contributed by atoms with van der Waals surface area (Å²) >= 11 is 0.272. The average Bonchev–Trinajstić information content (AvgIpc) is 1.82. The van der Waals surface area contributed by atoms with E-state index >= 15 is 0 Å². The van der Waals surface area contributed by atoms with Crippen molar-refractivity contribution >= 4 is 0 Å². The van der Waals surface area contributed by atoms with Gasteiger partial charge in [-0.3, -0.25) is 0 Å². The van der Waals surface area contributed by atoms with E-state index in [-0.39, 0.29) is 27.3 Å². The Morgan fingerprint density at radius 1 is 1.30 bits per heavy atom. The minimum atomic E-state index is 0.00370. The van der Waals surface area contributed by atoms with E-state index in [1.165, 1.54) is 6.42 Å². The van der Waals surface area contributed by atoms with Crippen molar-refractivity contribution in [3.63, 3.8) is 0 Å². The summed E-state index contributed by atoms with van der Waals surface area (Å²) in [7, 11) is 0. The molecule has 0 amide bonds. The molecular weight excluding hydrogens is 239 g/mol. The Bertz CT molecular complexity index is 104. The van der Waals surface area contributed by atoms with Crippen molar-refractivity contribution in [1.82, 2.24) is 0 Å². The Labute approximate surface area is 73.5 Å². The molecule has 62 valence electrons. The predicted molar refractivity (Wildman–Crippen MR) is 38.7 cm³/mol. The van der Waals surface area contributed by atoms with Crippen LogP contribution in [0, 0.1) is 5.92 Å². The van der Waals surface area contributed by atoms with Crippen molar-refractivity contribution in [1.29, 1.82) is 0 Å². The van der Waals surface area contributed by atoms with Crippen LogP contribution in [0.25, 0.3) is 0 Å². The van der Waals surface area contributed by atoms with Crippen LogP contribution < -0.4 is 21.2 Å². The van der Waals surface area contributed by atoms with E-state index in [0.29, 0.717) is 9.84 Å². The van der Waals surface area contributed by atoms with Crippen LogP contribution in [0.15, 0.2) is 0 Å². The van der Waals surface area contributed by atoms with Crippen LogP contribution in [0.5, 0.6) is 0 Å². The Hall–Kier alpha value is 0.690. The quantitative estimate of drug-likeness (QED) is 0.402. The van der Waals surface area contributed by atoms with Crippen LogP contribution >= 0.6 is 0 Å². The number of alkyl halides is 2. The standard InChI is InChI=1S/C8H16IO/c1-5-4-6(2)9-7(3)8(5)10/h5-8,10H,4H2,1-3H3/q-1/t5?,6?,7-,8?/m0/s1. The van der Waals surface area contributed by atoms with Gasteiger partial charge in [-0.15, -0.1) is 0 Å². The van der Waals surface area contributed by atoms with Crippen molar-refractivity contribution in [2.24, 2.45) is 5.92 Å². The summed E-state index contributed by atoms with van der Waals surface area (Å²) in [4.78, 5) is 0. The van der Waals surface area contributed by atoms with E-state index in [0.717, 1.165) is 3.92 Å². The first-order chi connectivity index (χ1) is 4.61. The van der Waals surface area contributed by atoms with E-state index in [4.69, 9.17) is 0 Å². The van der Waals surface area contributed by atoms with Gasteiger partial charge in [-0.25, -0.2) is 0 Å². The van der Waals surface area contributed by atoms with E-state index in [2.05, 4.69) is 20.8 Å². The molecule has 0 spiro atoms. The monoisotopic (exact) mass is 255 g/mol. The third-order valence-corrected chi connectivity index (χ3v) is 5.77. The van der Waals surface area contributed by atoms with Crippen molar-refractivity contribution in [3.05, 3.63) is 0 Å². The molecule has 0 saturated carbocycles. The molecule has 10 heavy (non-hydrogen) atoms. The summed E-state index contributed by atoms with van der Waals surface area (Å²) in [6.45, 7) is 6.69. The number of aliphatic hydroxyl groups is 1. The van der Waals surface area contributed by atoms with Gasteiger partial charge in [0.2, 0.25) is 0 Å². The number of halogens is 1. The fraction of sp³-hybridized carbons (Fsp3) is 1.00. The zero-order valence-electron chi connectivity index (χ0n) is 6.84. The molecule has 1 aliphatic rings. The maximum absolute atomic E-state index is 9.59. The van der Waals surface area contributed by atoms with Gasteiger partial charge < -0.3 is 0 Å². The third-order valence-electron chi connectivity index (χ3n) is 2.16. The zero-order chi connectivity index (χ0) is 7.72. The third kappa shape index (κ3) is 1.84. The van der Waals surface area contributed by atoms with Crippen LogP contribution in [0.4, 0.5) is 0 Å². The number of aliphatic hydroxyl groups excluding tert-OH is 1. The van der Waals surface area contributed by atoms with Crippen LogP contribution in [0.3, 0.4) is 0 Å². The summed E-state index contributed by atoms with van der Waals surface area (Å²) in [5.74, 6) is 0.540. The molecule has 1 rings (SSSR count). The van der Waals surface area contributed by atoms with Gasteiger partial charge in [0.15, 0.2) is 0 Å². The summed E-state index contributed by atoms with van der Waals surface area (Å²) in [5, 5.41) is 9.59. The Morgan fingerprint density at radius 2 is 1.90 bits per heavy atom. The van der Waals surface area contributed by atoms with E-state index in [9.17, 15) is 5.11 Å². The van der Waals surface area contributed by atoms with Crippen molar-refractivity contribution in [2.45, 2.75) is 41.1 Å². The fourth-order valence-electron chi connectivity index (χ4n) is 1.57. The van der Waals surface area contributed by atoms with Crippen LogP contribution in [0.2, 0.25) is 0 Å². The second kappa shape index (κ2) is 3.39. The first kappa shape index (κ1) is 8.78. The van der Waals surface area contributed by atoms with Gasteiger partial charge in [-0.1, -0.05) is 0 Å². The second-order valence-corrected chi connectivity index (χ2v) is 8.10. The molecule has 4 atom stereocenters. The van der Waals surface area contributed by atoms with Crippen LogP contribution in [-0.4, -0.2) is 19.1 Å². The van der Waals surface area contributed by atoms with Gasteiger partial charge in [0, 0.05) is 0 Å². The number of hydrogen-bond acceptors (Lipinski definition) is 1. The fourth-order valence-corrected chi connectivity index (χ4v) is 5.74. The topological polar surface area (TPSA) is 20.2 Å². The summed E-state index contributed by atoms with van der Waals surface area (Å²) in [6, 6.07) is 0. The Kier molecular flexibility index (Phi) is 2.98. The van der Waals surface area contributed by atoms with Gasteiger partial charge in [0.1, 0.15) is 0 Å². The molecule has 1 fully saturated rings. The molecule has 0 aromatic carbocycles. The van der Waals surface area contributed by atoms with Crippen molar-refractivity contribution in [3.8, 4) is 0 Å². The number of hydrogen-bond donors (Lipinski definition) is 1. The van der Waals surface area contributed by atoms with Crippen LogP contribution in [-0.2, 0) is 0 Å². The molecule has 0 aromatic rings. The molecule has 3 unspecified atom stereocenters. The van der Waals surface area contributed by atoms with Gasteiger partial charge in [0.05, 0.1) is 0 Å². The molecule has 0 aromatic heterocycles. The normalized spacial score (nSPS) is 50.0. The van der Waals surface area contributed by atoms with E-state index in [1.807, 2.05) is 0 Å². The van der Waals surface area contributed by atoms with Gasteiger partial charge in [0.25, 0.3) is 0 Å². The second-order valence-electron chi connectivity index (χ2n) is 3.29. The number of rotatable bonds is 0.